The number of amides is 1. The van der Waals surface area contributed by atoms with E-state index in [1.165, 1.54) is 26.2 Å². The van der Waals surface area contributed by atoms with E-state index in [0.29, 0.717) is 28.6 Å². The van der Waals surface area contributed by atoms with Crippen LogP contribution in [0.15, 0.2) is 72.4 Å². The molecule has 8 heteroatoms. The largest absolute Gasteiger partial charge is 0.506 e. The van der Waals surface area contributed by atoms with E-state index < -0.39 is 23.5 Å². The predicted molar refractivity (Wildman–Crippen MR) is 122 cm³/mol. The third-order valence-electron chi connectivity index (χ3n) is 5.43. The first kappa shape index (κ1) is 21.9. The van der Waals surface area contributed by atoms with Crippen LogP contribution in [0.1, 0.15) is 17.3 Å². The first-order chi connectivity index (χ1) is 16.0. The molecule has 33 heavy (non-hydrogen) atoms. The molecule has 1 N–H and O–H groups in total. The van der Waals surface area contributed by atoms with Gasteiger partial charge in [0.25, 0.3) is 11.7 Å². The van der Waals surface area contributed by atoms with Crippen molar-refractivity contribution in [3.05, 3.63) is 83.7 Å². The molecule has 0 bridgehead atoms. The van der Waals surface area contributed by atoms with Gasteiger partial charge in [-0.25, -0.2) is 0 Å². The number of hydrogen-bond acceptors (Lipinski definition) is 7. The maximum Gasteiger partial charge on any atom is 0.300 e. The van der Waals surface area contributed by atoms with Gasteiger partial charge >= 0.3 is 0 Å². The highest BCUT2D eigenvalue weighted by atomic mass is 16.5. The van der Waals surface area contributed by atoms with E-state index in [0.717, 1.165) is 0 Å². The summed E-state index contributed by atoms with van der Waals surface area (Å²) in [4.78, 5) is 32.2. The highest BCUT2D eigenvalue weighted by Crippen LogP contribution is 2.44. The number of aliphatic hydroxyl groups is 1. The van der Waals surface area contributed by atoms with Crippen molar-refractivity contribution < 1.29 is 28.9 Å². The number of methoxy groups -OCH3 is 3. The summed E-state index contributed by atoms with van der Waals surface area (Å²) < 4.78 is 16.0. The quantitative estimate of drug-likeness (QED) is 0.350. The second kappa shape index (κ2) is 9.04. The minimum absolute atomic E-state index is 0.114. The Morgan fingerprint density at radius 3 is 2.09 bits per heavy atom. The molecule has 1 unspecified atom stereocenters. The van der Waals surface area contributed by atoms with E-state index >= 15 is 0 Å². The number of anilines is 1. The number of aromatic nitrogens is 1. The summed E-state index contributed by atoms with van der Waals surface area (Å²) in [5, 5.41) is 11.4. The van der Waals surface area contributed by atoms with Gasteiger partial charge in [-0.05, 0) is 48.5 Å². The molecule has 0 radical (unpaired) electrons. The molecule has 0 spiro atoms. The molecular formula is C25H22N2O6. The number of nitrogens with zero attached hydrogens (tertiary/aromatic N) is 2. The lowest BCUT2D eigenvalue weighted by atomic mass is 9.97. The van der Waals surface area contributed by atoms with Crippen LogP contribution in [0.4, 0.5) is 5.69 Å². The van der Waals surface area contributed by atoms with Crippen LogP contribution in [0.3, 0.4) is 0 Å². The number of ether oxygens (including phenoxy) is 3. The zero-order chi connectivity index (χ0) is 23.5. The molecule has 1 aliphatic heterocycles. The van der Waals surface area contributed by atoms with Crippen LogP contribution in [0, 0.1) is 0 Å². The minimum atomic E-state index is -0.964. The van der Waals surface area contributed by atoms with Gasteiger partial charge in [0.1, 0.15) is 34.6 Å². The molecule has 2 heterocycles. The van der Waals surface area contributed by atoms with Crippen LogP contribution in [-0.2, 0) is 9.59 Å². The first-order valence-corrected chi connectivity index (χ1v) is 10.1. The standard InChI is InChI=1S/C25H22N2O6/c1-31-16-12-10-15(11-13-16)27-22(17-7-4-5-14-26-17)21(24(29)25(27)30)23(28)20-18(32-2)8-6-9-19(20)33-3/h4-14,22,28H,1-3H3/b23-21+. The number of aliphatic hydroxyl groups excluding tert-OH is 1. The Hall–Kier alpha value is -4.33. The molecule has 0 aliphatic carbocycles. The Kier molecular flexibility index (Phi) is 5.99. The number of rotatable bonds is 6. The highest BCUT2D eigenvalue weighted by molar-refractivity contribution is 6.51. The molecule has 1 atom stereocenters. The van der Waals surface area contributed by atoms with Gasteiger partial charge in [-0.1, -0.05) is 12.1 Å². The van der Waals surface area contributed by atoms with Crippen molar-refractivity contribution in [1.29, 1.82) is 0 Å². The van der Waals surface area contributed by atoms with Gasteiger partial charge in [-0.2, -0.15) is 0 Å². The number of hydrogen-bond donors (Lipinski definition) is 1. The van der Waals surface area contributed by atoms with Crippen LogP contribution in [0.2, 0.25) is 0 Å². The summed E-state index contributed by atoms with van der Waals surface area (Å²) in [6.45, 7) is 0. The summed E-state index contributed by atoms with van der Waals surface area (Å²) in [6.07, 6.45) is 1.56. The zero-order valence-corrected chi connectivity index (χ0v) is 18.3. The fourth-order valence-electron chi connectivity index (χ4n) is 3.88. The fraction of sp³-hybridized carbons (Fsp3) is 0.160. The van der Waals surface area contributed by atoms with Crippen LogP contribution in [0.5, 0.6) is 17.2 Å². The van der Waals surface area contributed by atoms with Crippen LogP contribution < -0.4 is 19.1 Å². The van der Waals surface area contributed by atoms with Gasteiger partial charge in [0.15, 0.2) is 0 Å². The molecule has 1 saturated heterocycles. The molecule has 3 aromatic rings. The van der Waals surface area contributed by atoms with E-state index in [9.17, 15) is 14.7 Å². The Bertz CT molecular complexity index is 1200. The Labute approximate surface area is 190 Å². The summed E-state index contributed by atoms with van der Waals surface area (Å²) in [5.41, 5.74) is 0.941. The fourth-order valence-corrected chi connectivity index (χ4v) is 3.88. The molecule has 1 amide bonds. The average molecular weight is 446 g/mol. The second-order valence-corrected chi connectivity index (χ2v) is 7.16. The first-order valence-electron chi connectivity index (χ1n) is 10.1. The van der Waals surface area contributed by atoms with Gasteiger partial charge in [0.05, 0.1) is 32.6 Å². The molecule has 2 aromatic carbocycles. The highest BCUT2D eigenvalue weighted by Gasteiger charge is 2.48. The van der Waals surface area contributed by atoms with Crippen molar-refractivity contribution in [2.75, 3.05) is 26.2 Å². The molecule has 168 valence electrons. The van der Waals surface area contributed by atoms with Gasteiger partial charge in [-0.3, -0.25) is 19.5 Å². The van der Waals surface area contributed by atoms with Crippen molar-refractivity contribution in [1.82, 2.24) is 4.98 Å². The third-order valence-corrected chi connectivity index (χ3v) is 5.43. The van der Waals surface area contributed by atoms with Gasteiger partial charge in [0.2, 0.25) is 0 Å². The van der Waals surface area contributed by atoms with Gasteiger partial charge < -0.3 is 19.3 Å². The minimum Gasteiger partial charge on any atom is -0.506 e. The number of carbonyl (C=O) groups excluding carboxylic acids is 2. The van der Waals surface area contributed by atoms with Crippen molar-refractivity contribution in [2.45, 2.75) is 6.04 Å². The molecule has 1 aromatic heterocycles. The molecule has 8 nitrogen and oxygen atoms in total. The number of carbonyl (C=O) groups is 2. The lowest BCUT2D eigenvalue weighted by Gasteiger charge is -2.25. The smallest absolute Gasteiger partial charge is 0.300 e. The van der Waals surface area contributed by atoms with Crippen molar-refractivity contribution in [2.24, 2.45) is 0 Å². The topological polar surface area (TPSA) is 98.2 Å². The van der Waals surface area contributed by atoms with Crippen LogP contribution in [-0.4, -0.2) is 43.1 Å². The monoisotopic (exact) mass is 446 g/mol. The maximum absolute atomic E-state index is 13.3. The second-order valence-electron chi connectivity index (χ2n) is 7.16. The van der Waals surface area contributed by atoms with E-state index in [2.05, 4.69) is 4.98 Å². The molecular weight excluding hydrogens is 424 g/mol. The van der Waals surface area contributed by atoms with E-state index in [-0.39, 0.29) is 11.1 Å². The Morgan fingerprint density at radius 2 is 1.55 bits per heavy atom. The molecule has 0 saturated carbocycles. The van der Waals surface area contributed by atoms with Gasteiger partial charge in [0, 0.05) is 11.9 Å². The molecule has 1 aliphatic rings. The van der Waals surface area contributed by atoms with Crippen molar-refractivity contribution in [3.63, 3.8) is 0 Å². The lowest BCUT2D eigenvalue weighted by molar-refractivity contribution is -0.132. The van der Waals surface area contributed by atoms with E-state index in [1.54, 1.807) is 66.9 Å². The predicted octanol–water partition coefficient (Wildman–Crippen LogP) is 3.73. The van der Waals surface area contributed by atoms with E-state index in [4.69, 9.17) is 14.2 Å². The number of pyridine rings is 1. The molecule has 4 rings (SSSR count). The number of ketones is 1. The van der Waals surface area contributed by atoms with Crippen molar-refractivity contribution >= 4 is 23.1 Å². The number of Topliss-reactive ketones (excluding diaryl/α,β-unsaturated/α-hetero) is 1. The van der Waals surface area contributed by atoms with E-state index in [1.807, 2.05) is 0 Å². The number of benzene rings is 2. The van der Waals surface area contributed by atoms with Crippen LogP contribution in [0.25, 0.3) is 5.76 Å². The lowest BCUT2D eigenvalue weighted by Crippen LogP contribution is -2.29. The Balaban J connectivity index is 1.97. The van der Waals surface area contributed by atoms with Crippen LogP contribution >= 0.6 is 0 Å². The summed E-state index contributed by atoms with van der Waals surface area (Å²) in [5.74, 6) is -0.847. The summed E-state index contributed by atoms with van der Waals surface area (Å²) in [7, 11) is 4.42. The third kappa shape index (κ3) is 3.76. The average Bonchev–Trinajstić information content (AvgIpc) is 3.13. The molecule has 1 fully saturated rings. The van der Waals surface area contributed by atoms with Crippen molar-refractivity contribution in [3.8, 4) is 17.2 Å². The summed E-state index contributed by atoms with van der Waals surface area (Å²) in [6, 6.07) is 15.9. The Morgan fingerprint density at radius 1 is 0.879 bits per heavy atom. The summed E-state index contributed by atoms with van der Waals surface area (Å²) >= 11 is 0. The van der Waals surface area contributed by atoms with Gasteiger partial charge in [-0.15, -0.1) is 0 Å². The maximum atomic E-state index is 13.3. The SMILES string of the molecule is COc1ccc(N2C(=O)C(=O)/C(=C(/O)c3c(OC)cccc3OC)C2c2ccccn2)cc1. The normalized spacial score (nSPS) is 17.2. The zero-order valence-electron chi connectivity index (χ0n) is 18.3.